The number of likely N-dealkylation sites (tertiary alicyclic amines) is 1. The first kappa shape index (κ1) is 18.7. The predicted molar refractivity (Wildman–Crippen MR) is 108 cm³/mol. The highest BCUT2D eigenvalue weighted by Gasteiger charge is 2.31. The van der Waals surface area contributed by atoms with Crippen LogP contribution in [-0.2, 0) is 0 Å². The second kappa shape index (κ2) is 7.37. The Morgan fingerprint density at radius 3 is 2.64 bits per heavy atom. The van der Waals surface area contributed by atoms with Gasteiger partial charge in [-0.05, 0) is 55.8 Å². The summed E-state index contributed by atoms with van der Waals surface area (Å²) >= 11 is 0. The van der Waals surface area contributed by atoms with Crippen LogP contribution in [0.1, 0.15) is 23.2 Å². The number of carbonyl (C=O) groups excluding carboxylic acids is 1. The largest absolute Gasteiger partial charge is 0.388 e. The summed E-state index contributed by atoms with van der Waals surface area (Å²) in [5.74, 6) is -0.473. The highest BCUT2D eigenvalue weighted by Crippen LogP contribution is 2.29. The molecule has 0 aliphatic carbocycles. The Bertz CT molecular complexity index is 989. The molecule has 0 saturated carbocycles. The van der Waals surface area contributed by atoms with Crippen LogP contribution in [0.4, 0.5) is 4.39 Å². The number of piperidine rings is 1. The van der Waals surface area contributed by atoms with Crippen molar-refractivity contribution < 1.29 is 14.3 Å². The van der Waals surface area contributed by atoms with Crippen LogP contribution in [0, 0.1) is 5.82 Å². The van der Waals surface area contributed by atoms with Crippen molar-refractivity contribution in [2.75, 3.05) is 26.7 Å². The third-order valence-corrected chi connectivity index (χ3v) is 5.60. The lowest BCUT2D eigenvalue weighted by Gasteiger charge is -2.36. The molecule has 1 aliphatic heterocycles. The van der Waals surface area contributed by atoms with Crippen LogP contribution in [0.2, 0.25) is 0 Å². The number of aromatic amines is 1. The standard InChI is InChI=1S/C22H24FN3O2/c1-26-10-8-22(28,9-11-26)14-25-21(27)16-4-2-15(3-5-16)19-13-24-20-12-17(23)6-7-18(19)20/h2-7,12-13,24,28H,8-11,14H2,1H3,(H,25,27). The van der Waals surface area contributed by atoms with E-state index in [-0.39, 0.29) is 18.3 Å². The van der Waals surface area contributed by atoms with E-state index in [4.69, 9.17) is 0 Å². The van der Waals surface area contributed by atoms with Crippen LogP contribution < -0.4 is 5.32 Å². The van der Waals surface area contributed by atoms with Crippen LogP contribution in [-0.4, -0.2) is 53.2 Å². The number of nitrogens with zero attached hydrogens (tertiary/aromatic N) is 1. The molecule has 6 heteroatoms. The van der Waals surface area contributed by atoms with Gasteiger partial charge >= 0.3 is 0 Å². The van der Waals surface area contributed by atoms with Gasteiger partial charge in [-0.2, -0.15) is 0 Å². The van der Waals surface area contributed by atoms with Gasteiger partial charge in [0.15, 0.2) is 0 Å². The van der Waals surface area contributed by atoms with E-state index in [9.17, 15) is 14.3 Å². The summed E-state index contributed by atoms with van der Waals surface area (Å²) in [5, 5.41) is 14.4. The van der Waals surface area contributed by atoms with Gasteiger partial charge in [0.2, 0.25) is 0 Å². The number of nitrogens with one attached hydrogen (secondary N) is 2. The molecule has 1 saturated heterocycles. The average molecular weight is 381 g/mol. The molecule has 146 valence electrons. The lowest BCUT2D eigenvalue weighted by atomic mass is 9.91. The first-order valence-corrected chi connectivity index (χ1v) is 9.50. The van der Waals surface area contributed by atoms with E-state index in [1.165, 1.54) is 12.1 Å². The Kier molecular flexibility index (Phi) is 4.91. The van der Waals surface area contributed by atoms with Crippen LogP contribution in [0.3, 0.4) is 0 Å². The van der Waals surface area contributed by atoms with E-state index in [1.807, 2.05) is 25.4 Å². The molecular formula is C22H24FN3O2. The first-order valence-electron chi connectivity index (χ1n) is 9.50. The molecule has 1 fully saturated rings. The van der Waals surface area contributed by atoms with Crippen molar-refractivity contribution in [1.29, 1.82) is 0 Å². The SMILES string of the molecule is CN1CCC(O)(CNC(=O)c2ccc(-c3c[nH]c4cc(F)ccc34)cc2)CC1. The van der Waals surface area contributed by atoms with Gasteiger partial charge in [-0.1, -0.05) is 12.1 Å². The minimum absolute atomic E-state index is 0.195. The maximum atomic E-state index is 13.4. The molecule has 1 amide bonds. The van der Waals surface area contributed by atoms with E-state index >= 15 is 0 Å². The Hall–Kier alpha value is -2.70. The Morgan fingerprint density at radius 2 is 1.93 bits per heavy atom. The summed E-state index contributed by atoms with van der Waals surface area (Å²) in [4.78, 5) is 17.7. The number of benzene rings is 2. The fourth-order valence-corrected chi connectivity index (χ4v) is 3.70. The van der Waals surface area contributed by atoms with Gasteiger partial charge in [-0.3, -0.25) is 4.79 Å². The molecule has 2 aromatic carbocycles. The Balaban J connectivity index is 1.44. The van der Waals surface area contributed by atoms with Crippen molar-refractivity contribution >= 4 is 16.8 Å². The molecule has 1 aliphatic rings. The molecule has 0 bridgehead atoms. The number of aromatic nitrogens is 1. The molecule has 4 rings (SSSR count). The third-order valence-electron chi connectivity index (χ3n) is 5.60. The van der Waals surface area contributed by atoms with Crippen LogP contribution in [0.5, 0.6) is 0 Å². The molecular weight excluding hydrogens is 357 g/mol. The van der Waals surface area contributed by atoms with Gasteiger partial charge in [0.1, 0.15) is 5.82 Å². The van der Waals surface area contributed by atoms with Crippen LogP contribution >= 0.6 is 0 Å². The molecule has 0 radical (unpaired) electrons. The van der Waals surface area contributed by atoms with Crippen LogP contribution in [0.15, 0.2) is 48.7 Å². The number of aliphatic hydroxyl groups is 1. The molecule has 2 heterocycles. The molecule has 0 spiro atoms. The summed E-state index contributed by atoms with van der Waals surface area (Å²) in [6.07, 6.45) is 3.16. The number of amides is 1. The summed E-state index contributed by atoms with van der Waals surface area (Å²) in [5.41, 5.74) is 2.36. The molecule has 3 N–H and O–H groups in total. The average Bonchev–Trinajstić information content (AvgIpc) is 3.12. The van der Waals surface area contributed by atoms with Gasteiger partial charge in [-0.15, -0.1) is 0 Å². The molecule has 0 atom stereocenters. The quantitative estimate of drug-likeness (QED) is 0.650. The number of fused-ring (bicyclic) bond motifs is 1. The van der Waals surface area contributed by atoms with Crippen molar-refractivity contribution in [3.05, 3.63) is 60.0 Å². The van der Waals surface area contributed by atoms with Gasteiger partial charge in [0, 0.05) is 47.9 Å². The number of H-pyrrole nitrogens is 1. The minimum Gasteiger partial charge on any atom is -0.388 e. The van der Waals surface area contributed by atoms with Gasteiger partial charge in [0.25, 0.3) is 5.91 Å². The zero-order valence-corrected chi connectivity index (χ0v) is 15.8. The first-order chi connectivity index (χ1) is 13.4. The number of halogens is 1. The van der Waals surface area contributed by atoms with Gasteiger partial charge in [-0.25, -0.2) is 4.39 Å². The number of rotatable bonds is 4. The van der Waals surface area contributed by atoms with Crippen molar-refractivity contribution in [3.63, 3.8) is 0 Å². The number of hydrogen-bond acceptors (Lipinski definition) is 3. The topological polar surface area (TPSA) is 68.4 Å². The highest BCUT2D eigenvalue weighted by molar-refractivity contribution is 5.97. The minimum atomic E-state index is -0.832. The molecule has 3 aromatic rings. The number of hydrogen-bond donors (Lipinski definition) is 3. The second-order valence-electron chi connectivity index (χ2n) is 7.68. The van der Waals surface area contributed by atoms with E-state index in [1.54, 1.807) is 18.2 Å². The van der Waals surface area contributed by atoms with Crippen molar-refractivity contribution in [1.82, 2.24) is 15.2 Å². The fraction of sp³-hybridized carbons (Fsp3) is 0.318. The molecule has 5 nitrogen and oxygen atoms in total. The Labute approximate surface area is 163 Å². The lowest BCUT2D eigenvalue weighted by Crippen LogP contribution is -2.50. The van der Waals surface area contributed by atoms with Crippen molar-refractivity contribution in [2.45, 2.75) is 18.4 Å². The van der Waals surface area contributed by atoms with Gasteiger partial charge < -0.3 is 20.3 Å². The monoisotopic (exact) mass is 381 g/mol. The zero-order valence-electron chi connectivity index (χ0n) is 15.8. The third kappa shape index (κ3) is 3.79. The summed E-state index contributed by atoms with van der Waals surface area (Å²) in [7, 11) is 2.03. The van der Waals surface area contributed by atoms with E-state index in [2.05, 4.69) is 15.2 Å². The normalized spacial score (nSPS) is 17.0. The lowest BCUT2D eigenvalue weighted by molar-refractivity contribution is -0.0135. The zero-order chi connectivity index (χ0) is 19.7. The number of carbonyl (C=O) groups is 1. The van der Waals surface area contributed by atoms with Gasteiger partial charge in [0.05, 0.1) is 5.60 Å². The summed E-state index contributed by atoms with van der Waals surface area (Å²) < 4.78 is 13.4. The smallest absolute Gasteiger partial charge is 0.251 e. The molecule has 1 aromatic heterocycles. The van der Waals surface area contributed by atoms with Crippen molar-refractivity contribution in [3.8, 4) is 11.1 Å². The van der Waals surface area contributed by atoms with Crippen LogP contribution in [0.25, 0.3) is 22.0 Å². The van der Waals surface area contributed by atoms with E-state index in [0.29, 0.717) is 18.4 Å². The van der Waals surface area contributed by atoms with Crippen molar-refractivity contribution in [2.24, 2.45) is 0 Å². The Morgan fingerprint density at radius 1 is 1.21 bits per heavy atom. The van der Waals surface area contributed by atoms with E-state index < -0.39 is 5.60 Å². The highest BCUT2D eigenvalue weighted by atomic mass is 19.1. The predicted octanol–water partition coefficient (Wildman–Crippen LogP) is 3.16. The summed E-state index contributed by atoms with van der Waals surface area (Å²) in [6, 6.07) is 12.0. The molecule has 28 heavy (non-hydrogen) atoms. The van der Waals surface area contributed by atoms with E-state index in [0.717, 1.165) is 35.1 Å². The summed E-state index contributed by atoms with van der Waals surface area (Å²) in [6.45, 7) is 1.92. The second-order valence-corrected chi connectivity index (χ2v) is 7.68. The maximum Gasteiger partial charge on any atom is 0.251 e. The maximum absolute atomic E-state index is 13.4. The fourth-order valence-electron chi connectivity index (χ4n) is 3.70. The molecule has 0 unspecified atom stereocenters.